The predicted octanol–water partition coefficient (Wildman–Crippen LogP) is 2.16. The van der Waals surface area contributed by atoms with Crippen molar-refractivity contribution in [3.8, 4) is 5.75 Å². The molecule has 0 unspecified atom stereocenters. The van der Waals surface area contributed by atoms with Crippen LogP contribution in [0.2, 0.25) is 0 Å². The summed E-state index contributed by atoms with van der Waals surface area (Å²) in [6, 6.07) is 3.68. The van der Waals surface area contributed by atoms with E-state index in [0.717, 1.165) is 18.1 Å². The van der Waals surface area contributed by atoms with Crippen LogP contribution in [0.1, 0.15) is 4.88 Å². The SMILES string of the molecule is COc1ccnc(NCc2cncs2)c1. The molecule has 0 fully saturated rings. The van der Waals surface area contributed by atoms with E-state index in [1.54, 1.807) is 24.6 Å². The molecule has 2 rings (SSSR count). The van der Waals surface area contributed by atoms with E-state index in [9.17, 15) is 0 Å². The van der Waals surface area contributed by atoms with Crippen LogP contribution < -0.4 is 10.1 Å². The van der Waals surface area contributed by atoms with E-state index >= 15 is 0 Å². The summed E-state index contributed by atoms with van der Waals surface area (Å²) >= 11 is 1.62. The summed E-state index contributed by atoms with van der Waals surface area (Å²) in [5.74, 6) is 1.61. The van der Waals surface area contributed by atoms with Crippen LogP contribution in [0.25, 0.3) is 0 Å². The van der Waals surface area contributed by atoms with Crippen molar-refractivity contribution in [2.45, 2.75) is 6.54 Å². The predicted molar refractivity (Wildman–Crippen MR) is 60.2 cm³/mol. The van der Waals surface area contributed by atoms with E-state index in [2.05, 4.69) is 15.3 Å². The van der Waals surface area contributed by atoms with E-state index in [0.29, 0.717) is 0 Å². The topological polar surface area (TPSA) is 47.0 Å². The first-order chi connectivity index (χ1) is 7.38. The van der Waals surface area contributed by atoms with Gasteiger partial charge in [-0.2, -0.15) is 0 Å². The maximum absolute atomic E-state index is 5.10. The van der Waals surface area contributed by atoms with E-state index < -0.39 is 0 Å². The van der Waals surface area contributed by atoms with E-state index in [4.69, 9.17) is 4.74 Å². The number of pyridine rings is 1. The standard InChI is InChI=1S/C10H11N3OS/c1-14-8-2-3-12-10(4-8)13-6-9-5-11-7-15-9/h2-5,7H,6H2,1H3,(H,12,13). The molecule has 15 heavy (non-hydrogen) atoms. The molecule has 78 valence electrons. The zero-order valence-electron chi connectivity index (χ0n) is 8.30. The van der Waals surface area contributed by atoms with Crippen molar-refractivity contribution < 1.29 is 4.74 Å². The minimum atomic E-state index is 0.741. The molecule has 0 spiro atoms. The lowest BCUT2D eigenvalue weighted by Crippen LogP contribution is -1.99. The molecule has 2 heterocycles. The Morgan fingerprint density at radius 1 is 1.53 bits per heavy atom. The maximum Gasteiger partial charge on any atom is 0.129 e. The molecule has 1 N–H and O–H groups in total. The van der Waals surface area contributed by atoms with E-state index in [1.165, 1.54) is 4.88 Å². The second kappa shape index (κ2) is 4.75. The molecular formula is C10H11N3OS. The van der Waals surface area contributed by atoms with Gasteiger partial charge in [-0.25, -0.2) is 4.98 Å². The molecule has 0 amide bonds. The maximum atomic E-state index is 5.10. The van der Waals surface area contributed by atoms with Gasteiger partial charge in [0.2, 0.25) is 0 Å². The van der Waals surface area contributed by atoms with Crippen molar-refractivity contribution in [1.29, 1.82) is 0 Å². The molecule has 5 heteroatoms. The highest BCUT2D eigenvalue weighted by atomic mass is 32.1. The van der Waals surface area contributed by atoms with Crippen LogP contribution in [-0.4, -0.2) is 17.1 Å². The van der Waals surface area contributed by atoms with Crippen molar-refractivity contribution >= 4 is 17.2 Å². The Balaban J connectivity index is 1.98. The van der Waals surface area contributed by atoms with Gasteiger partial charge in [0.1, 0.15) is 11.6 Å². The third kappa shape index (κ3) is 2.66. The first kappa shape index (κ1) is 9.92. The Labute approximate surface area is 92.0 Å². The van der Waals surface area contributed by atoms with Gasteiger partial charge in [0.15, 0.2) is 0 Å². The highest BCUT2D eigenvalue weighted by Gasteiger charge is 1.98. The van der Waals surface area contributed by atoms with Crippen LogP contribution in [0.3, 0.4) is 0 Å². The zero-order chi connectivity index (χ0) is 10.5. The smallest absolute Gasteiger partial charge is 0.129 e. The normalized spacial score (nSPS) is 9.93. The molecule has 0 aliphatic heterocycles. The van der Waals surface area contributed by atoms with Crippen LogP contribution in [0.4, 0.5) is 5.82 Å². The summed E-state index contributed by atoms with van der Waals surface area (Å²) in [7, 11) is 1.64. The number of nitrogens with one attached hydrogen (secondary N) is 1. The van der Waals surface area contributed by atoms with E-state index in [1.807, 2.05) is 23.8 Å². The lowest BCUT2D eigenvalue weighted by molar-refractivity contribution is 0.414. The number of hydrogen-bond acceptors (Lipinski definition) is 5. The summed E-state index contributed by atoms with van der Waals surface area (Å²) < 4.78 is 5.10. The fourth-order valence-corrected chi connectivity index (χ4v) is 1.68. The average Bonchev–Trinajstić information content (AvgIpc) is 2.79. The lowest BCUT2D eigenvalue weighted by Gasteiger charge is -2.05. The van der Waals surface area contributed by atoms with Gasteiger partial charge < -0.3 is 10.1 Å². The number of rotatable bonds is 4. The number of hydrogen-bond donors (Lipinski definition) is 1. The van der Waals surface area contributed by atoms with Crippen LogP contribution in [0.5, 0.6) is 5.75 Å². The molecule has 2 aromatic rings. The average molecular weight is 221 g/mol. The second-order valence-corrected chi connectivity index (χ2v) is 3.87. The van der Waals surface area contributed by atoms with Crippen molar-refractivity contribution in [1.82, 2.24) is 9.97 Å². The first-order valence-corrected chi connectivity index (χ1v) is 5.38. The van der Waals surface area contributed by atoms with Crippen LogP contribution in [-0.2, 0) is 6.54 Å². The van der Waals surface area contributed by atoms with Crippen molar-refractivity contribution in [2.75, 3.05) is 12.4 Å². The van der Waals surface area contributed by atoms with Gasteiger partial charge in [0.25, 0.3) is 0 Å². The Hall–Kier alpha value is -1.62. The molecule has 2 aromatic heterocycles. The summed E-state index contributed by atoms with van der Waals surface area (Å²) in [5.41, 5.74) is 1.82. The van der Waals surface area contributed by atoms with Crippen LogP contribution in [0, 0.1) is 0 Å². The van der Waals surface area contributed by atoms with Gasteiger partial charge in [0, 0.05) is 23.3 Å². The fourth-order valence-electron chi connectivity index (χ4n) is 1.14. The molecule has 0 aliphatic carbocycles. The van der Waals surface area contributed by atoms with E-state index in [-0.39, 0.29) is 0 Å². The third-order valence-electron chi connectivity index (χ3n) is 1.89. The van der Waals surface area contributed by atoms with Crippen molar-refractivity contribution in [3.63, 3.8) is 0 Å². The first-order valence-electron chi connectivity index (χ1n) is 4.50. The summed E-state index contributed by atoms with van der Waals surface area (Å²) in [6.45, 7) is 0.741. The molecule has 0 aromatic carbocycles. The molecular weight excluding hydrogens is 210 g/mol. The Morgan fingerprint density at radius 2 is 2.47 bits per heavy atom. The molecule has 0 saturated carbocycles. The Bertz CT molecular complexity index is 416. The minimum Gasteiger partial charge on any atom is -0.497 e. The molecule has 4 nitrogen and oxygen atoms in total. The molecule has 0 radical (unpaired) electrons. The number of anilines is 1. The number of nitrogens with zero attached hydrogens (tertiary/aromatic N) is 2. The zero-order valence-corrected chi connectivity index (χ0v) is 9.12. The summed E-state index contributed by atoms with van der Waals surface area (Å²) in [4.78, 5) is 9.36. The number of thiazole rings is 1. The fraction of sp³-hybridized carbons (Fsp3) is 0.200. The second-order valence-electron chi connectivity index (χ2n) is 2.90. The van der Waals surface area contributed by atoms with Crippen molar-refractivity contribution in [2.24, 2.45) is 0 Å². The van der Waals surface area contributed by atoms with Gasteiger partial charge in [-0.1, -0.05) is 0 Å². The minimum absolute atomic E-state index is 0.741. The monoisotopic (exact) mass is 221 g/mol. The lowest BCUT2D eigenvalue weighted by atomic mass is 10.4. The highest BCUT2D eigenvalue weighted by molar-refractivity contribution is 7.09. The molecule has 0 atom stereocenters. The van der Waals surface area contributed by atoms with Crippen molar-refractivity contribution in [3.05, 3.63) is 34.9 Å². The largest absolute Gasteiger partial charge is 0.497 e. The number of aromatic nitrogens is 2. The van der Waals surface area contributed by atoms with Crippen LogP contribution >= 0.6 is 11.3 Å². The Kier molecular flexibility index (Phi) is 3.14. The van der Waals surface area contributed by atoms with Gasteiger partial charge >= 0.3 is 0 Å². The summed E-state index contributed by atoms with van der Waals surface area (Å²) in [5, 5.41) is 3.20. The number of ether oxygens (including phenoxy) is 1. The number of methoxy groups -OCH3 is 1. The van der Waals surface area contributed by atoms with Gasteiger partial charge in [-0.05, 0) is 6.07 Å². The van der Waals surface area contributed by atoms with Gasteiger partial charge in [0.05, 0.1) is 19.2 Å². The van der Waals surface area contributed by atoms with Crippen LogP contribution in [0.15, 0.2) is 30.0 Å². The highest BCUT2D eigenvalue weighted by Crippen LogP contribution is 2.15. The quantitative estimate of drug-likeness (QED) is 0.859. The molecule has 0 bridgehead atoms. The summed E-state index contributed by atoms with van der Waals surface area (Å²) in [6.07, 6.45) is 3.56. The Morgan fingerprint density at radius 3 is 3.20 bits per heavy atom. The van der Waals surface area contributed by atoms with Gasteiger partial charge in [-0.15, -0.1) is 11.3 Å². The van der Waals surface area contributed by atoms with Gasteiger partial charge in [-0.3, -0.25) is 4.98 Å². The third-order valence-corrected chi connectivity index (χ3v) is 2.67. The molecule has 0 saturated heterocycles. The molecule has 0 aliphatic rings.